The first-order chi connectivity index (χ1) is 12.6. The highest BCUT2D eigenvalue weighted by atomic mass is 35.5. The van der Waals surface area contributed by atoms with E-state index in [0.717, 1.165) is 54.9 Å². The molecule has 1 amide bonds. The van der Waals surface area contributed by atoms with E-state index in [1.807, 2.05) is 56.3 Å². The Bertz CT molecular complexity index is 811. The second-order valence-electron chi connectivity index (χ2n) is 7.68. The molecule has 0 bridgehead atoms. The predicted molar refractivity (Wildman–Crippen MR) is 111 cm³/mol. The van der Waals surface area contributed by atoms with E-state index in [0.29, 0.717) is 5.75 Å². The molecule has 1 aliphatic heterocycles. The summed E-state index contributed by atoms with van der Waals surface area (Å²) in [4.78, 5) is 12.8. The van der Waals surface area contributed by atoms with Crippen LogP contribution < -0.4 is 15.4 Å². The molecule has 1 atom stereocenters. The number of carbonyl (C=O) groups is 1. The molecule has 1 spiro atoms. The lowest BCUT2D eigenvalue weighted by molar-refractivity contribution is -0.118. The highest BCUT2D eigenvalue weighted by molar-refractivity contribution is 5.96. The Morgan fingerprint density at radius 3 is 2.44 bits per heavy atom. The Morgan fingerprint density at radius 2 is 1.74 bits per heavy atom. The minimum atomic E-state index is 0. The number of hydrogen-bond acceptors (Lipinski definition) is 3. The molecule has 2 fully saturated rings. The van der Waals surface area contributed by atoms with Gasteiger partial charge in [-0.1, -0.05) is 30.3 Å². The van der Waals surface area contributed by atoms with Crippen molar-refractivity contribution < 1.29 is 9.53 Å². The fourth-order valence-electron chi connectivity index (χ4n) is 4.14. The van der Waals surface area contributed by atoms with Crippen LogP contribution in [0.2, 0.25) is 0 Å². The van der Waals surface area contributed by atoms with Gasteiger partial charge in [-0.3, -0.25) is 4.79 Å². The number of ether oxygens (including phenoxy) is 1. The fourth-order valence-corrected chi connectivity index (χ4v) is 4.14. The molecule has 1 aliphatic carbocycles. The number of piperidine rings is 1. The largest absolute Gasteiger partial charge is 0.455 e. The van der Waals surface area contributed by atoms with Crippen molar-refractivity contribution in [2.24, 2.45) is 11.3 Å². The minimum absolute atomic E-state index is 0. The smallest absolute Gasteiger partial charge is 0.228 e. The van der Waals surface area contributed by atoms with Gasteiger partial charge in [0.15, 0.2) is 5.75 Å². The van der Waals surface area contributed by atoms with E-state index in [-0.39, 0.29) is 29.6 Å². The number of halogens is 1. The molecule has 1 unspecified atom stereocenters. The van der Waals surface area contributed by atoms with E-state index >= 15 is 0 Å². The summed E-state index contributed by atoms with van der Waals surface area (Å²) in [6, 6.07) is 13.8. The number of amides is 1. The van der Waals surface area contributed by atoms with Gasteiger partial charge in [-0.05, 0) is 74.9 Å². The monoisotopic (exact) mass is 386 g/mol. The lowest BCUT2D eigenvalue weighted by atomic mass is 9.92. The van der Waals surface area contributed by atoms with Crippen LogP contribution in [0.5, 0.6) is 11.5 Å². The van der Waals surface area contributed by atoms with Gasteiger partial charge in [0, 0.05) is 5.92 Å². The molecule has 2 aromatic carbocycles. The third kappa shape index (κ3) is 3.97. The molecule has 0 aromatic heterocycles. The summed E-state index contributed by atoms with van der Waals surface area (Å²) in [6.45, 7) is 6.12. The van der Waals surface area contributed by atoms with Crippen molar-refractivity contribution in [3.8, 4) is 11.5 Å². The fraction of sp³-hybridized carbons (Fsp3) is 0.409. The summed E-state index contributed by atoms with van der Waals surface area (Å²) in [5, 5.41) is 6.50. The van der Waals surface area contributed by atoms with Gasteiger partial charge in [0.25, 0.3) is 0 Å². The Hall–Kier alpha value is -2.04. The molecule has 1 heterocycles. The first kappa shape index (κ1) is 19.7. The molecule has 27 heavy (non-hydrogen) atoms. The summed E-state index contributed by atoms with van der Waals surface area (Å²) in [7, 11) is 0. The number of aryl methyl sites for hydroxylation is 2. The summed E-state index contributed by atoms with van der Waals surface area (Å²) < 4.78 is 6.18. The lowest BCUT2D eigenvalue weighted by Crippen LogP contribution is -2.31. The second-order valence-corrected chi connectivity index (χ2v) is 7.68. The van der Waals surface area contributed by atoms with Crippen molar-refractivity contribution >= 4 is 24.0 Å². The number of anilines is 1. The highest BCUT2D eigenvalue weighted by Crippen LogP contribution is 2.58. The maximum atomic E-state index is 12.8. The van der Waals surface area contributed by atoms with Crippen LogP contribution in [0.3, 0.4) is 0 Å². The van der Waals surface area contributed by atoms with Gasteiger partial charge in [-0.15, -0.1) is 12.4 Å². The van der Waals surface area contributed by atoms with E-state index in [1.54, 1.807) is 0 Å². The SMILES string of the molecule is Cc1cccc(C)c1Oc1ccccc1NC(=O)C1CC12CCNCC2.Cl. The molecule has 144 valence electrons. The van der Waals surface area contributed by atoms with Crippen LogP contribution in [0, 0.1) is 25.2 Å². The normalized spacial score (nSPS) is 19.9. The van der Waals surface area contributed by atoms with Crippen molar-refractivity contribution in [3.63, 3.8) is 0 Å². The number of benzene rings is 2. The molecule has 2 N–H and O–H groups in total. The third-order valence-electron chi connectivity index (χ3n) is 5.87. The number of rotatable bonds is 4. The average molecular weight is 387 g/mol. The summed E-state index contributed by atoms with van der Waals surface area (Å²) in [6.07, 6.45) is 3.22. The van der Waals surface area contributed by atoms with Crippen molar-refractivity contribution in [3.05, 3.63) is 53.6 Å². The highest BCUT2D eigenvalue weighted by Gasteiger charge is 2.57. The van der Waals surface area contributed by atoms with Gasteiger partial charge < -0.3 is 15.4 Å². The first-order valence-electron chi connectivity index (χ1n) is 9.44. The number of para-hydroxylation sites is 3. The van der Waals surface area contributed by atoms with Crippen LogP contribution in [0.15, 0.2) is 42.5 Å². The number of nitrogens with one attached hydrogen (secondary N) is 2. The molecule has 2 aromatic rings. The van der Waals surface area contributed by atoms with E-state index in [9.17, 15) is 4.79 Å². The maximum absolute atomic E-state index is 12.8. The van der Waals surface area contributed by atoms with E-state index < -0.39 is 0 Å². The van der Waals surface area contributed by atoms with Crippen LogP contribution in [0.1, 0.15) is 30.4 Å². The van der Waals surface area contributed by atoms with Crippen molar-refractivity contribution in [1.29, 1.82) is 0 Å². The molecule has 2 aliphatic rings. The number of carbonyl (C=O) groups excluding carboxylic acids is 1. The van der Waals surface area contributed by atoms with Crippen molar-refractivity contribution in [1.82, 2.24) is 5.32 Å². The molecule has 5 heteroatoms. The van der Waals surface area contributed by atoms with Crippen LogP contribution in [0.25, 0.3) is 0 Å². The zero-order valence-electron chi connectivity index (χ0n) is 15.9. The van der Waals surface area contributed by atoms with Gasteiger partial charge in [0.1, 0.15) is 5.75 Å². The van der Waals surface area contributed by atoms with Crippen LogP contribution >= 0.6 is 12.4 Å². The van der Waals surface area contributed by atoms with Crippen LogP contribution in [-0.4, -0.2) is 19.0 Å². The van der Waals surface area contributed by atoms with E-state index in [1.165, 1.54) is 0 Å². The van der Waals surface area contributed by atoms with Gasteiger partial charge in [0.05, 0.1) is 5.69 Å². The zero-order valence-corrected chi connectivity index (χ0v) is 16.7. The molecule has 4 nitrogen and oxygen atoms in total. The Morgan fingerprint density at radius 1 is 1.07 bits per heavy atom. The Kier molecular flexibility index (Phi) is 5.78. The zero-order chi connectivity index (χ0) is 18.1. The number of hydrogen-bond donors (Lipinski definition) is 2. The van der Waals surface area contributed by atoms with E-state index in [4.69, 9.17) is 4.74 Å². The standard InChI is InChI=1S/C22H26N2O2.ClH/c1-15-6-5-7-16(2)20(15)26-19-9-4-3-8-18(19)24-21(25)17-14-22(17)10-12-23-13-11-22;/h3-9,17,23H,10-14H2,1-2H3,(H,24,25);1H. The summed E-state index contributed by atoms with van der Waals surface area (Å²) in [5.74, 6) is 1.82. The lowest BCUT2D eigenvalue weighted by Gasteiger charge is -2.23. The van der Waals surface area contributed by atoms with Crippen LogP contribution in [-0.2, 0) is 4.79 Å². The van der Waals surface area contributed by atoms with Gasteiger partial charge in [0.2, 0.25) is 5.91 Å². The Balaban J connectivity index is 0.00000210. The molecular weight excluding hydrogens is 360 g/mol. The molecular formula is C22H27ClN2O2. The summed E-state index contributed by atoms with van der Waals surface area (Å²) in [5.41, 5.74) is 3.15. The van der Waals surface area contributed by atoms with Gasteiger partial charge >= 0.3 is 0 Å². The first-order valence-corrected chi connectivity index (χ1v) is 9.44. The van der Waals surface area contributed by atoms with Gasteiger partial charge in [-0.2, -0.15) is 0 Å². The second kappa shape index (κ2) is 7.91. The van der Waals surface area contributed by atoms with Crippen LogP contribution in [0.4, 0.5) is 5.69 Å². The molecule has 4 rings (SSSR count). The summed E-state index contributed by atoms with van der Waals surface area (Å²) >= 11 is 0. The topological polar surface area (TPSA) is 50.4 Å². The average Bonchev–Trinajstić information content (AvgIpc) is 3.33. The quantitative estimate of drug-likeness (QED) is 0.790. The van der Waals surface area contributed by atoms with Gasteiger partial charge in [-0.25, -0.2) is 0 Å². The molecule has 1 saturated carbocycles. The van der Waals surface area contributed by atoms with Crippen molar-refractivity contribution in [2.45, 2.75) is 33.1 Å². The molecule has 1 saturated heterocycles. The predicted octanol–water partition coefficient (Wildman–Crippen LogP) is 4.85. The Labute approximate surface area is 167 Å². The van der Waals surface area contributed by atoms with E-state index in [2.05, 4.69) is 10.6 Å². The maximum Gasteiger partial charge on any atom is 0.228 e. The minimum Gasteiger partial charge on any atom is -0.455 e. The van der Waals surface area contributed by atoms with Crippen molar-refractivity contribution in [2.75, 3.05) is 18.4 Å². The molecule has 0 radical (unpaired) electrons. The third-order valence-corrected chi connectivity index (χ3v) is 5.87.